The maximum absolute atomic E-state index is 11.8. The summed E-state index contributed by atoms with van der Waals surface area (Å²) < 4.78 is 0. The van der Waals surface area contributed by atoms with Crippen molar-refractivity contribution in [1.82, 2.24) is 10.6 Å². The molecule has 90 valence electrons. The van der Waals surface area contributed by atoms with E-state index in [9.17, 15) is 14.9 Å². The minimum absolute atomic E-state index is 0.0336. The second-order valence-corrected chi connectivity index (χ2v) is 4.18. The number of hydrogen-bond donors (Lipinski definition) is 2. The van der Waals surface area contributed by atoms with Crippen molar-refractivity contribution >= 4 is 23.2 Å². The minimum Gasteiger partial charge on any atom is -0.347 e. The van der Waals surface area contributed by atoms with Gasteiger partial charge in [-0.3, -0.25) is 14.9 Å². The number of hydrogen-bond acceptors (Lipinski definition) is 4. The molecule has 0 unspecified atom stereocenters. The second-order valence-electron chi connectivity index (χ2n) is 3.75. The van der Waals surface area contributed by atoms with Gasteiger partial charge >= 0.3 is 0 Å². The summed E-state index contributed by atoms with van der Waals surface area (Å²) in [6.45, 7) is 1.38. The van der Waals surface area contributed by atoms with E-state index in [0.717, 1.165) is 0 Å². The lowest BCUT2D eigenvalue weighted by molar-refractivity contribution is -0.385. The van der Waals surface area contributed by atoms with Gasteiger partial charge in [-0.15, -0.1) is 0 Å². The molecule has 0 bridgehead atoms. The topological polar surface area (TPSA) is 84.3 Å². The Hall–Kier alpha value is -1.66. The Labute approximate surface area is 102 Å². The van der Waals surface area contributed by atoms with Crippen molar-refractivity contribution in [2.75, 3.05) is 13.1 Å². The number of carbonyl (C=O) groups is 1. The first-order chi connectivity index (χ1) is 8.08. The summed E-state index contributed by atoms with van der Waals surface area (Å²) in [7, 11) is 0. The number of nitro benzene ring substituents is 1. The number of carbonyl (C=O) groups excluding carboxylic acids is 1. The molecule has 1 aliphatic heterocycles. The lowest BCUT2D eigenvalue weighted by Crippen LogP contribution is -2.56. The number of nitrogens with one attached hydrogen (secondary N) is 2. The Morgan fingerprint density at radius 3 is 2.76 bits per heavy atom. The van der Waals surface area contributed by atoms with Crippen LogP contribution in [0, 0.1) is 10.1 Å². The van der Waals surface area contributed by atoms with E-state index in [2.05, 4.69) is 10.6 Å². The van der Waals surface area contributed by atoms with E-state index in [-0.39, 0.29) is 22.3 Å². The third-order valence-electron chi connectivity index (χ3n) is 2.52. The number of halogens is 1. The maximum atomic E-state index is 11.8. The number of nitrogens with zero attached hydrogens (tertiary/aromatic N) is 1. The summed E-state index contributed by atoms with van der Waals surface area (Å²) in [4.78, 5) is 22.0. The third kappa shape index (κ3) is 2.54. The first-order valence-corrected chi connectivity index (χ1v) is 5.41. The lowest BCUT2D eigenvalue weighted by Gasteiger charge is -2.27. The standard InChI is InChI=1S/C10H10ClN3O3/c11-6-1-2-8(9(3-6)14(16)17)10(15)13-7-4-12-5-7/h1-3,7,12H,4-5H2,(H,13,15). The summed E-state index contributed by atoms with van der Waals surface area (Å²) in [5, 5.41) is 16.7. The molecule has 1 fully saturated rings. The SMILES string of the molecule is O=C(NC1CNC1)c1ccc(Cl)cc1[N+](=O)[O-]. The van der Waals surface area contributed by atoms with E-state index in [1.807, 2.05) is 0 Å². The van der Waals surface area contributed by atoms with E-state index < -0.39 is 10.8 Å². The normalized spacial score (nSPS) is 15.1. The van der Waals surface area contributed by atoms with Gasteiger partial charge in [0.1, 0.15) is 5.56 Å². The third-order valence-corrected chi connectivity index (χ3v) is 2.75. The smallest absolute Gasteiger partial charge is 0.283 e. The van der Waals surface area contributed by atoms with Crippen LogP contribution in [0.4, 0.5) is 5.69 Å². The molecule has 2 rings (SSSR count). The van der Waals surface area contributed by atoms with Crippen molar-refractivity contribution in [3.05, 3.63) is 38.9 Å². The summed E-state index contributed by atoms with van der Waals surface area (Å²) in [6, 6.07) is 4.04. The highest BCUT2D eigenvalue weighted by molar-refractivity contribution is 6.31. The molecule has 1 amide bonds. The quantitative estimate of drug-likeness (QED) is 0.622. The minimum atomic E-state index is -0.611. The van der Waals surface area contributed by atoms with Crippen LogP contribution in [0.2, 0.25) is 5.02 Å². The van der Waals surface area contributed by atoms with Crippen LogP contribution in [0.3, 0.4) is 0 Å². The van der Waals surface area contributed by atoms with E-state index in [1.165, 1.54) is 18.2 Å². The summed E-state index contributed by atoms with van der Waals surface area (Å²) >= 11 is 5.66. The fourth-order valence-corrected chi connectivity index (χ4v) is 1.67. The summed E-state index contributed by atoms with van der Waals surface area (Å²) in [5.41, 5.74) is -0.242. The van der Waals surface area contributed by atoms with Crippen LogP contribution in [-0.4, -0.2) is 30.0 Å². The lowest BCUT2D eigenvalue weighted by atomic mass is 10.1. The molecule has 1 heterocycles. The van der Waals surface area contributed by atoms with E-state index in [1.54, 1.807) is 0 Å². The van der Waals surface area contributed by atoms with Gasteiger partial charge in [-0.05, 0) is 12.1 Å². The Morgan fingerprint density at radius 2 is 2.24 bits per heavy atom. The van der Waals surface area contributed by atoms with Crippen molar-refractivity contribution in [2.24, 2.45) is 0 Å². The first-order valence-electron chi connectivity index (χ1n) is 5.03. The van der Waals surface area contributed by atoms with Gasteiger partial charge in [-0.25, -0.2) is 0 Å². The van der Waals surface area contributed by atoms with Gasteiger partial charge in [-0.1, -0.05) is 11.6 Å². The van der Waals surface area contributed by atoms with Crippen LogP contribution in [0.5, 0.6) is 0 Å². The van der Waals surface area contributed by atoms with Gasteiger partial charge in [0.05, 0.1) is 11.0 Å². The molecule has 1 aromatic carbocycles. The largest absolute Gasteiger partial charge is 0.347 e. The average molecular weight is 256 g/mol. The van der Waals surface area contributed by atoms with Crippen LogP contribution >= 0.6 is 11.6 Å². The van der Waals surface area contributed by atoms with Gasteiger partial charge in [0, 0.05) is 24.2 Å². The molecule has 0 atom stereocenters. The summed E-state index contributed by atoms with van der Waals surface area (Å²) in [6.07, 6.45) is 0. The number of amides is 1. The molecule has 1 aliphatic rings. The first kappa shape index (κ1) is 11.8. The Bertz CT molecular complexity index is 474. The predicted octanol–water partition coefficient (Wildman–Crippen LogP) is 0.950. The van der Waals surface area contributed by atoms with Crippen molar-refractivity contribution in [3.63, 3.8) is 0 Å². The highest BCUT2D eigenvalue weighted by atomic mass is 35.5. The molecule has 0 radical (unpaired) electrons. The second kappa shape index (κ2) is 4.68. The molecule has 0 saturated carbocycles. The van der Waals surface area contributed by atoms with Crippen molar-refractivity contribution in [3.8, 4) is 0 Å². The predicted molar refractivity (Wildman–Crippen MR) is 62.2 cm³/mol. The monoisotopic (exact) mass is 255 g/mol. The molecule has 2 N–H and O–H groups in total. The number of rotatable bonds is 3. The Morgan fingerprint density at radius 1 is 1.53 bits per heavy atom. The highest BCUT2D eigenvalue weighted by Crippen LogP contribution is 2.23. The zero-order valence-electron chi connectivity index (χ0n) is 8.77. The molecule has 6 nitrogen and oxygen atoms in total. The Balaban J connectivity index is 2.23. The average Bonchev–Trinajstić information content (AvgIpc) is 2.23. The van der Waals surface area contributed by atoms with Crippen molar-refractivity contribution in [2.45, 2.75) is 6.04 Å². The van der Waals surface area contributed by atoms with Crippen LogP contribution in [0.1, 0.15) is 10.4 Å². The molecular weight excluding hydrogens is 246 g/mol. The molecule has 0 spiro atoms. The molecule has 0 aromatic heterocycles. The van der Waals surface area contributed by atoms with Gasteiger partial charge < -0.3 is 10.6 Å². The molecule has 7 heteroatoms. The van der Waals surface area contributed by atoms with Crippen LogP contribution in [0.25, 0.3) is 0 Å². The van der Waals surface area contributed by atoms with Crippen LogP contribution < -0.4 is 10.6 Å². The molecular formula is C10H10ClN3O3. The zero-order valence-corrected chi connectivity index (χ0v) is 9.53. The zero-order chi connectivity index (χ0) is 12.4. The van der Waals surface area contributed by atoms with Crippen molar-refractivity contribution < 1.29 is 9.72 Å². The molecule has 0 aliphatic carbocycles. The van der Waals surface area contributed by atoms with Gasteiger partial charge in [-0.2, -0.15) is 0 Å². The fraction of sp³-hybridized carbons (Fsp3) is 0.300. The number of benzene rings is 1. The molecule has 1 saturated heterocycles. The van der Waals surface area contributed by atoms with E-state index >= 15 is 0 Å². The van der Waals surface area contributed by atoms with Gasteiger partial charge in [0.25, 0.3) is 11.6 Å². The Kier molecular flexibility index (Phi) is 3.26. The van der Waals surface area contributed by atoms with Crippen LogP contribution in [-0.2, 0) is 0 Å². The molecule has 1 aromatic rings. The van der Waals surface area contributed by atoms with Crippen LogP contribution in [0.15, 0.2) is 18.2 Å². The van der Waals surface area contributed by atoms with Crippen molar-refractivity contribution in [1.29, 1.82) is 0 Å². The fourth-order valence-electron chi connectivity index (χ4n) is 1.50. The van der Waals surface area contributed by atoms with Gasteiger partial charge in [0.2, 0.25) is 0 Å². The molecule has 17 heavy (non-hydrogen) atoms. The maximum Gasteiger partial charge on any atom is 0.283 e. The van der Waals surface area contributed by atoms with Gasteiger partial charge in [0.15, 0.2) is 0 Å². The summed E-state index contributed by atoms with van der Waals surface area (Å²) in [5.74, 6) is -0.445. The highest BCUT2D eigenvalue weighted by Gasteiger charge is 2.24. The van der Waals surface area contributed by atoms with E-state index in [0.29, 0.717) is 13.1 Å². The number of nitro groups is 1. The van der Waals surface area contributed by atoms with E-state index in [4.69, 9.17) is 11.6 Å².